The first-order chi connectivity index (χ1) is 12.2. The maximum Gasteiger partial charge on any atom is 0.268 e. The average molecular weight is 335 g/mol. The van der Waals surface area contributed by atoms with Gasteiger partial charge in [0.1, 0.15) is 0 Å². The summed E-state index contributed by atoms with van der Waals surface area (Å²) in [6.07, 6.45) is 0.977. The predicted molar refractivity (Wildman–Crippen MR) is 99.1 cm³/mol. The molecule has 0 bridgehead atoms. The van der Waals surface area contributed by atoms with Gasteiger partial charge in [-0.3, -0.25) is 4.79 Å². The predicted octanol–water partition coefficient (Wildman–Crippen LogP) is 3.20. The number of benzene rings is 2. The molecule has 4 rings (SSSR count). The van der Waals surface area contributed by atoms with E-state index in [1.54, 1.807) is 0 Å². The van der Waals surface area contributed by atoms with Crippen LogP contribution >= 0.6 is 0 Å². The smallest absolute Gasteiger partial charge is 0.268 e. The summed E-state index contributed by atoms with van der Waals surface area (Å²) in [6.45, 7) is 4.17. The van der Waals surface area contributed by atoms with Crippen molar-refractivity contribution in [1.82, 2.24) is 0 Å². The Kier molecular flexibility index (Phi) is 4.14. The first-order valence-electron chi connectivity index (χ1n) is 8.71. The van der Waals surface area contributed by atoms with Gasteiger partial charge in [-0.2, -0.15) is 0 Å². The molecule has 0 fully saturated rings. The molecular weight excluding hydrogens is 314 g/mol. The number of carbonyl (C=O) groups is 1. The fraction of sp³-hybridized carbons (Fsp3) is 0.300. The first kappa shape index (κ1) is 15.7. The second-order valence-electron chi connectivity index (χ2n) is 6.36. The van der Waals surface area contributed by atoms with Crippen molar-refractivity contribution in [3.63, 3.8) is 0 Å². The summed E-state index contributed by atoms with van der Waals surface area (Å²) >= 11 is 0. The molecule has 1 amide bonds. The van der Waals surface area contributed by atoms with Crippen molar-refractivity contribution in [3.05, 3.63) is 59.7 Å². The summed E-state index contributed by atoms with van der Waals surface area (Å²) in [5, 5.41) is 7.05. The molecule has 1 unspecified atom stereocenters. The van der Waals surface area contributed by atoms with Crippen molar-refractivity contribution < 1.29 is 9.63 Å². The highest BCUT2D eigenvalue weighted by molar-refractivity contribution is 6.06. The van der Waals surface area contributed by atoms with E-state index in [9.17, 15) is 4.79 Å². The summed E-state index contributed by atoms with van der Waals surface area (Å²) in [5.41, 5.74) is 5.17. The Hall–Kier alpha value is -2.82. The Morgan fingerprint density at radius 2 is 2.12 bits per heavy atom. The van der Waals surface area contributed by atoms with Crippen molar-refractivity contribution in [2.75, 3.05) is 23.3 Å². The quantitative estimate of drug-likeness (QED) is 0.933. The van der Waals surface area contributed by atoms with Crippen molar-refractivity contribution in [3.8, 4) is 0 Å². The third-order valence-corrected chi connectivity index (χ3v) is 4.79. The van der Waals surface area contributed by atoms with Gasteiger partial charge in [-0.1, -0.05) is 41.6 Å². The van der Waals surface area contributed by atoms with Gasteiger partial charge < -0.3 is 15.1 Å². The van der Waals surface area contributed by atoms with Gasteiger partial charge in [-0.05, 0) is 36.6 Å². The summed E-state index contributed by atoms with van der Waals surface area (Å²) in [5.74, 6) is -0.157. The lowest BCUT2D eigenvalue weighted by atomic mass is 10.0. The summed E-state index contributed by atoms with van der Waals surface area (Å²) in [4.78, 5) is 20.2. The molecule has 2 aliphatic heterocycles. The molecule has 2 aliphatic rings. The van der Waals surface area contributed by atoms with E-state index in [1.807, 2.05) is 36.4 Å². The molecule has 25 heavy (non-hydrogen) atoms. The third kappa shape index (κ3) is 3.09. The molecule has 0 radical (unpaired) electrons. The Morgan fingerprint density at radius 1 is 1.28 bits per heavy atom. The third-order valence-electron chi connectivity index (χ3n) is 4.79. The number of oxime groups is 1. The Morgan fingerprint density at radius 3 is 2.92 bits per heavy atom. The van der Waals surface area contributed by atoms with Crippen molar-refractivity contribution >= 4 is 23.0 Å². The largest absolute Gasteiger partial charge is 0.382 e. The standard InChI is InChI=1S/C20H21N3O2/c1-2-23-11-10-15-8-9-16(12-18(15)23)21-20(24)19-13-17(22-25-19)14-6-4-3-5-7-14/h3-9,12,19H,2,10-11,13H2,1H3,(H,21,24). The summed E-state index contributed by atoms with van der Waals surface area (Å²) in [7, 11) is 0. The van der Waals surface area contributed by atoms with E-state index in [0.29, 0.717) is 6.42 Å². The van der Waals surface area contributed by atoms with Crippen LogP contribution in [0.1, 0.15) is 24.5 Å². The SMILES string of the molecule is CCN1CCc2ccc(NC(=O)C3CC(c4ccccc4)=NO3)cc21. The number of hydrogen-bond acceptors (Lipinski definition) is 4. The monoisotopic (exact) mass is 335 g/mol. The number of nitrogens with zero attached hydrogens (tertiary/aromatic N) is 2. The van der Waals surface area contributed by atoms with Crippen LogP contribution in [0.25, 0.3) is 0 Å². The fourth-order valence-corrected chi connectivity index (χ4v) is 3.39. The minimum Gasteiger partial charge on any atom is -0.382 e. The molecular formula is C20H21N3O2. The summed E-state index contributed by atoms with van der Waals surface area (Å²) < 4.78 is 0. The maximum absolute atomic E-state index is 12.5. The first-order valence-corrected chi connectivity index (χ1v) is 8.71. The second-order valence-corrected chi connectivity index (χ2v) is 6.36. The van der Waals surface area contributed by atoms with Crippen molar-refractivity contribution in [1.29, 1.82) is 0 Å². The minimum absolute atomic E-state index is 0.157. The van der Waals surface area contributed by atoms with Crippen LogP contribution in [0, 0.1) is 0 Å². The van der Waals surface area contributed by atoms with E-state index >= 15 is 0 Å². The molecule has 2 heterocycles. The van der Waals surface area contributed by atoms with Gasteiger partial charge in [0.2, 0.25) is 6.10 Å². The van der Waals surface area contributed by atoms with Gasteiger partial charge in [0.15, 0.2) is 0 Å². The highest BCUT2D eigenvalue weighted by Crippen LogP contribution is 2.30. The van der Waals surface area contributed by atoms with Gasteiger partial charge in [-0.15, -0.1) is 0 Å². The van der Waals surface area contributed by atoms with Crippen LogP contribution in [-0.2, 0) is 16.1 Å². The number of rotatable bonds is 4. The molecule has 2 aromatic carbocycles. The molecule has 0 spiro atoms. The molecule has 5 heteroatoms. The van der Waals surface area contributed by atoms with Gasteiger partial charge in [-0.25, -0.2) is 0 Å². The number of amides is 1. The maximum atomic E-state index is 12.5. The lowest BCUT2D eigenvalue weighted by molar-refractivity contribution is -0.125. The topological polar surface area (TPSA) is 53.9 Å². The van der Waals surface area contributed by atoms with E-state index < -0.39 is 6.10 Å². The second kappa shape index (κ2) is 6.59. The number of likely N-dealkylation sites (N-methyl/N-ethyl adjacent to an activating group) is 1. The highest BCUT2D eigenvalue weighted by Gasteiger charge is 2.29. The normalized spacial score (nSPS) is 18.5. The van der Waals surface area contributed by atoms with Crippen molar-refractivity contribution in [2.45, 2.75) is 25.9 Å². The minimum atomic E-state index is -0.578. The van der Waals surface area contributed by atoms with E-state index in [2.05, 4.69) is 34.4 Å². The van der Waals surface area contributed by atoms with Gasteiger partial charge >= 0.3 is 0 Å². The zero-order valence-corrected chi connectivity index (χ0v) is 14.2. The van der Waals surface area contributed by atoms with Crippen LogP contribution in [0.3, 0.4) is 0 Å². The zero-order chi connectivity index (χ0) is 17.2. The van der Waals surface area contributed by atoms with Crippen LogP contribution in [0.4, 0.5) is 11.4 Å². The Balaban J connectivity index is 1.42. The molecule has 0 saturated heterocycles. The van der Waals surface area contributed by atoms with Crippen LogP contribution < -0.4 is 10.2 Å². The van der Waals surface area contributed by atoms with Crippen molar-refractivity contribution in [2.24, 2.45) is 5.16 Å². The van der Waals surface area contributed by atoms with E-state index in [4.69, 9.17) is 4.84 Å². The van der Waals surface area contributed by atoms with Crippen LogP contribution in [0.15, 0.2) is 53.7 Å². The Labute approximate surface area is 147 Å². The molecule has 0 aromatic heterocycles. The fourth-order valence-electron chi connectivity index (χ4n) is 3.39. The Bertz CT molecular complexity index is 817. The van der Waals surface area contributed by atoms with Gasteiger partial charge in [0, 0.05) is 30.9 Å². The number of anilines is 2. The van der Waals surface area contributed by atoms with Gasteiger partial charge in [0.25, 0.3) is 5.91 Å². The molecule has 5 nitrogen and oxygen atoms in total. The number of carbonyl (C=O) groups excluding carboxylic acids is 1. The van der Waals surface area contributed by atoms with E-state index in [1.165, 1.54) is 11.3 Å². The van der Waals surface area contributed by atoms with Crippen LogP contribution in [0.2, 0.25) is 0 Å². The molecule has 0 saturated carbocycles. The van der Waals surface area contributed by atoms with E-state index in [0.717, 1.165) is 36.5 Å². The lowest BCUT2D eigenvalue weighted by Crippen LogP contribution is -2.28. The van der Waals surface area contributed by atoms with Crippen LogP contribution in [-0.4, -0.2) is 30.8 Å². The van der Waals surface area contributed by atoms with E-state index in [-0.39, 0.29) is 5.91 Å². The average Bonchev–Trinajstić information content (AvgIpc) is 3.29. The molecule has 1 N–H and O–H groups in total. The molecule has 2 aromatic rings. The summed E-state index contributed by atoms with van der Waals surface area (Å²) in [6, 6.07) is 15.9. The number of fused-ring (bicyclic) bond motifs is 1. The molecule has 1 atom stereocenters. The zero-order valence-electron chi connectivity index (χ0n) is 14.2. The highest BCUT2D eigenvalue weighted by atomic mass is 16.6. The number of nitrogens with one attached hydrogen (secondary N) is 1. The number of hydrogen-bond donors (Lipinski definition) is 1. The molecule has 0 aliphatic carbocycles. The lowest BCUT2D eigenvalue weighted by Gasteiger charge is -2.18. The molecule has 128 valence electrons. The van der Waals surface area contributed by atoms with Crippen LogP contribution in [0.5, 0.6) is 0 Å². The van der Waals surface area contributed by atoms with Gasteiger partial charge in [0.05, 0.1) is 5.71 Å².